The van der Waals surface area contributed by atoms with E-state index in [1.807, 2.05) is 6.07 Å². The maximum atomic E-state index is 13.2. The second-order valence-electron chi connectivity index (χ2n) is 8.82. The van der Waals surface area contributed by atoms with Crippen molar-refractivity contribution in [2.24, 2.45) is 0 Å². The topological polar surface area (TPSA) is 140 Å². The minimum Gasteiger partial charge on any atom is -0.379 e. The number of ether oxygens (including phenoxy) is 1. The number of aromatic nitrogens is 2. The molecule has 2 N–H and O–H groups in total. The van der Waals surface area contributed by atoms with Gasteiger partial charge in [-0.25, -0.2) is 13.4 Å². The number of hydrogen-bond acceptors (Lipinski definition) is 8. The monoisotopic (exact) mass is 567 g/mol. The van der Waals surface area contributed by atoms with Crippen LogP contribution in [0.25, 0.3) is 10.2 Å². The number of sulfonamides is 1. The van der Waals surface area contributed by atoms with Crippen LogP contribution in [0.15, 0.2) is 70.6 Å². The number of aryl methyl sites for hydroxylation is 1. The first-order chi connectivity index (χ1) is 18.7. The highest BCUT2D eigenvalue weighted by Gasteiger charge is 2.26. The van der Waals surface area contributed by atoms with Crippen LogP contribution < -0.4 is 16.2 Å². The number of morpholine rings is 1. The molecule has 2 aromatic heterocycles. The number of rotatable bonds is 7. The van der Waals surface area contributed by atoms with Crippen LogP contribution >= 0.6 is 11.3 Å². The summed E-state index contributed by atoms with van der Waals surface area (Å²) in [5.74, 6) is -0.832. The molecule has 39 heavy (non-hydrogen) atoms. The number of carbonyl (C=O) groups is 2. The Balaban J connectivity index is 1.29. The number of benzene rings is 2. The van der Waals surface area contributed by atoms with Crippen molar-refractivity contribution in [1.29, 1.82) is 0 Å². The highest BCUT2D eigenvalue weighted by atomic mass is 32.2. The number of para-hydroxylation sites is 1. The summed E-state index contributed by atoms with van der Waals surface area (Å²) < 4.78 is 33.3. The highest BCUT2D eigenvalue weighted by molar-refractivity contribution is 7.89. The lowest BCUT2D eigenvalue weighted by atomic mass is 10.2. The van der Waals surface area contributed by atoms with E-state index in [9.17, 15) is 22.8 Å². The number of hydrogen-bond donors (Lipinski definition) is 2. The van der Waals surface area contributed by atoms with E-state index >= 15 is 0 Å². The Kier molecular flexibility index (Phi) is 7.57. The molecule has 5 rings (SSSR count). The molecular formula is C26H25N5O6S2. The van der Waals surface area contributed by atoms with Gasteiger partial charge in [0.25, 0.3) is 11.5 Å². The lowest BCUT2D eigenvalue weighted by molar-refractivity contribution is -0.116. The minimum atomic E-state index is -3.65. The van der Waals surface area contributed by atoms with Crippen molar-refractivity contribution in [3.05, 3.63) is 81.7 Å². The van der Waals surface area contributed by atoms with Crippen molar-refractivity contribution in [3.63, 3.8) is 0 Å². The molecule has 3 heterocycles. The Morgan fingerprint density at radius 2 is 1.67 bits per heavy atom. The molecule has 1 aliphatic rings. The molecule has 13 heteroatoms. The number of anilines is 2. The lowest BCUT2D eigenvalue weighted by Crippen LogP contribution is -2.40. The van der Waals surface area contributed by atoms with Gasteiger partial charge in [-0.1, -0.05) is 18.2 Å². The third-order valence-corrected chi connectivity index (χ3v) is 9.33. The predicted octanol–water partition coefficient (Wildman–Crippen LogP) is 2.68. The average molecular weight is 568 g/mol. The third-order valence-electron chi connectivity index (χ3n) is 6.22. The van der Waals surface area contributed by atoms with Crippen LogP contribution in [0, 0.1) is 6.92 Å². The van der Waals surface area contributed by atoms with E-state index in [2.05, 4.69) is 15.6 Å². The summed E-state index contributed by atoms with van der Waals surface area (Å²) in [5, 5.41) is 5.77. The van der Waals surface area contributed by atoms with Crippen LogP contribution in [0.4, 0.5) is 11.4 Å². The molecule has 1 fully saturated rings. The number of fused-ring (bicyclic) bond motifs is 1. The van der Waals surface area contributed by atoms with E-state index in [0.717, 1.165) is 11.3 Å². The molecular weight excluding hydrogens is 542 g/mol. The highest BCUT2D eigenvalue weighted by Crippen LogP contribution is 2.27. The standard InChI is InChI=1S/C26H25N5O6S2/c1-17-22-25(38-23(17)24(33)29-18-5-3-2-4-6-18)27-16-30(26(22)34)15-21(32)28-19-7-9-20(10-8-19)39(35,36)31-11-13-37-14-12-31/h2-10,16H,11-15H2,1H3,(H,28,32)(H,29,33). The van der Waals surface area contributed by atoms with Crippen molar-refractivity contribution < 1.29 is 22.7 Å². The van der Waals surface area contributed by atoms with E-state index in [-0.39, 0.29) is 35.8 Å². The molecule has 0 bridgehead atoms. The van der Waals surface area contributed by atoms with Crippen molar-refractivity contribution >= 4 is 54.8 Å². The Morgan fingerprint density at radius 3 is 2.36 bits per heavy atom. The van der Waals surface area contributed by atoms with E-state index < -0.39 is 21.5 Å². The molecule has 0 aliphatic carbocycles. The normalized spacial score (nSPS) is 14.3. The molecule has 0 atom stereocenters. The van der Waals surface area contributed by atoms with E-state index in [1.54, 1.807) is 31.2 Å². The van der Waals surface area contributed by atoms with E-state index in [1.165, 1.54) is 39.5 Å². The Labute approximate surface area is 228 Å². The van der Waals surface area contributed by atoms with Crippen LogP contribution in [0.2, 0.25) is 0 Å². The Morgan fingerprint density at radius 1 is 1.00 bits per heavy atom. The van der Waals surface area contributed by atoms with Gasteiger partial charge in [-0.05, 0) is 48.9 Å². The molecule has 4 aromatic rings. The van der Waals surface area contributed by atoms with E-state index in [4.69, 9.17) is 4.74 Å². The summed E-state index contributed by atoms with van der Waals surface area (Å²) in [7, 11) is -3.65. The quantitative estimate of drug-likeness (QED) is 0.350. The zero-order chi connectivity index (χ0) is 27.6. The van der Waals surface area contributed by atoms with Crippen molar-refractivity contribution in [2.45, 2.75) is 18.4 Å². The average Bonchev–Trinajstić information content (AvgIpc) is 3.28. The first-order valence-electron chi connectivity index (χ1n) is 12.1. The fraction of sp³-hybridized carbons (Fsp3) is 0.231. The third kappa shape index (κ3) is 5.61. The van der Waals surface area contributed by atoms with Crippen molar-refractivity contribution in [1.82, 2.24) is 13.9 Å². The zero-order valence-corrected chi connectivity index (χ0v) is 22.5. The molecule has 1 saturated heterocycles. The van der Waals surface area contributed by atoms with Gasteiger partial charge in [0.2, 0.25) is 15.9 Å². The van der Waals surface area contributed by atoms with Gasteiger partial charge < -0.3 is 15.4 Å². The summed E-state index contributed by atoms with van der Waals surface area (Å²) in [6.07, 6.45) is 1.27. The molecule has 202 valence electrons. The van der Waals surface area contributed by atoms with Crippen LogP contribution in [-0.2, 0) is 26.1 Å². The number of carbonyl (C=O) groups excluding carboxylic acids is 2. The number of nitrogens with one attached hydrogen (secondary N) is 2. The number of nitrogens with zero attached hydrogens (tertiary/aromatic N) is 3. The summed E-state index contributed by atoms with van der Waals surface area (Å²) in [6, 6.07) is 14.8. The van der Waals surface area contributed by atoms with Crippen LogP contribution in [0.3, 0.4) is 0 Å². The summed E-state index contributed by atoms with van der Waals surface area (Å²) in [6.45, 7) is 2.64. The van der Waals surface area contributed by atoms with Crippen molar-refractivity contribution in [2.75, 3.05) is 36.9 Å². The molecule has 0 radical (unpaired) electrons. The maximum Gasteiger partial charge on any atom is 0.266 e. The Hall–Kier alpha value is -3.91. The fourth-order valence-corrected chi connectivity index (χ4v) is 6.64. The minimum absolute atomic E-state index is 0.119. The van der Waals surface area contributed by atoms with Gasteiger partial charge in [0, 0.05) is 24.5 Å². The van der Waals surface area contributed by atoms with E-state index in [0.29, 0.717) is 39.9 Å². The largest absolute Gasteiger partial charge is 0.379 e. The number of amides is 2. The zero-order valence-electron chi connectivity index (χ0n) is 20.9. The predicted molar refractivity (Wildman–Crippen MR) is 148 cm³/mol. The molecule has 2 amide bonds. The molecule has 0 saturated carbocycles. The first kappa shape index (κ1) is 26.7. The molecule has 1 aliphatic heterocycles. The smallest absolute Gasteiger partial charge is 0.266 e. The van der Waals surface area contributed by atoms with Crippen LogP contribution in [0.5, 0.6) is 0 Å². The van der Waals surface area contributed by atoms with Gasteiger partial charge in [-0.2, -0.15) is 4.31 Å². The summed E-state index contributed by atoms with van der Waals surface area (Å²) >= 11 is 1.11. The van der Waals surface area contributed by atoms with Gasteiger partial charge in [-0.3, -0.25) is 19.0 Å². The Bertz CT molecular complexity index is 1690. The van der Waals surface area contributed by atoms with Gasteiger partial charge in [0.05, 0.1) is 34.7 Å². The second-order valence-corrected chi connectivity index (χ2v) is 11.8. The van der Waals surface area contributed by atoms with Crippen molar-refractivity contribution in [3.8, 4) is 0 Å². The summed E-state index contributed by atoms with van der Waals surface area (Å²) in [4.78, 5) is 43.9. The second kappa shape index (κ2) is 11.1. The van der Waals surface area contributed by atoms with Gasteiger partial charge in [0.15, 0.2) is 0 Å². The summed E-state index contributed by atoms with van der Waals surface area (Å²) in [5.41, 5.74) is 1.07. The molecule has 0 unspecified atom stereocenters. The lowest BCUT2D eigenvalue weighted by Gasteiger charge is -2.26. The van der Waals surface area contributed by atoms with Gasteiger partial charge in [0.1, 0.15) is 11.4 Å². The van der Waals surface area contributed by atoms with Crippen LogP contribution in [0.1, 0.15) is 15.2 Å². The molecule has 2 aromatic carbocycles. The van der Waals surface area contributed by atoms with Crippen LogP contribution in [-0.4, -0.2) is 60.4 Å². The molecule has 11 nitrogen and oxygen atoms in total. The maximum absolute atomic E-state index is 13.2. The van der Waals surface area contributed by atoms with Gasteiger partial charge in [-0.15, -0.1) is 11.3 Å². The fourth-order valence-electron chi connectivity index (χ4n) is 4.20. The first-order valence-corrected chi connectivity index (χ1v) is 14.3. The van der Waals surface area contributed by atoms with Gasteiger partial charge >= 0.3 is 0 Å². The number of thiophene rings is 1. The SMILES string of the molecule is Cc1c(C(=O)Nc2ccccc2)sc2ncn(CC(=O)Nc3ccc(S(=O)(=O)N4CCOCC4)cc3)c(=O)c12. The molecule has 0 spiro atoms.